The average Bonchev–Trinajstić information content (AvgIpc) is 2.84. The van der Waals surface area contributed by atoms with E-state index in [-0.39, 0.29) is 11.9 Å². The van der Waals surface area contributed by atoms with E-state index in [2.05, 4.69) is 16.9 Å². The fourth-order valence-corrected chi connectivity index (χ4v) is 2.76. The molecule has 0 fully saturated rings. The molecule has 0 saturated carbocycles. The smallest absolute Gasteiger partial charge is 0.124 e. The van der Waals surface area contributed by atoms with Gasteiger partial charge in [0.05, 0.1) is 0 Å². The van der Waals surface area contributed by atoms with Crippen LogP contribution in [-0.4, -0.2) is 6.04 Å². The van der Waals surface area contributed by atoms with Crippen LogP contribution in [0.2, 0.25) is 5.02 Å². The third-order valence-electron chi connectivity index (χ3n) is 2.78. The van der Waals surface area contributed by atoms with Gasteiger partial charge in [0.15, 0.2) is 0 Å². The number of benzene rings is 1. The highest BCUT2D eigenvalue weighted by Gasteiger charge is 2.11. The van der Waals surface area contributed by atoms with Gasteiger partial charge < -0.3 is 0 Å². The van der Waals surface area contributed by atoms with Crippen LogP contribution in [0.4, 0.5) is 4.39 Å². The molecule has 2 rings (SSSR count). The summed E-state index contributed by atoms with van der Waals surface area (Å²) in [6.45, 7) is 0. The van der Waals surface area contributed by atoms with Crippen LogP contribution in [0.25, 0.3) is 0 Å². The number of hydrazine groups is 1. The summed E-state index contributed by atoms with van der Waals surface area (Å²) in [5, 5.41) is 4.57. The molecular weight excluding hydrogens is 271 g/mol. The fourth-order valence-electron chi connectivity index (χ4n) is 1.84. The van der Waals surface area contributed by atoms with Crippen LogP contribution in [-0.2, 0) is 12.8 Å². The fraction of sp³-hybridized carbons (Fsp3) is 0.231. The van der Waals surface area contributed by atoms with E-state index in [1.54, 1.807) is 17.4 Å². The maximum atomic E-state index is 12.9. The van der Waals surface area contributed by atoms with Crippen molar-refractivity contribution in [3.8, 4) is 0 Å². The Morgan fingerprint density at radius 3 is 2.78 bits per heavy atom. The van der Waals surface area contributed by atoms with Crippen LogP contribution in [0, 0.1) is 5.82 Å². The Morgan fingerprint density at radius 2 is 2.17 bits per heavy atom. The van der Waals surface area contributed by atoms with Gasteiger partial charge in [0.25, 0.3) is 0 Å². The van der Waals surface area contributed by atoms with E-state index in [0.717, 1.165) is 12.0 Å². The molecule has 0 aliphatic rings. The highest BCUT2D eigenvalue weighted by Crippen LogP contribution is 2.20. The van der Waals surface area contributed by atoms with E-state index in [4.69, 9.17) is 17.4 Å². The number of thiophene rings is 1. The minimum absolute atomic E-state index is 0.0857. The number of hydrogen-bond donors (Lipinski definition) is 2. The molecule has 0 saturated heterocycles. The van der Waals surface area contributed by atoms with Gasteiger partial charge in [-0.15, -0.1) is 0 Å². The summed E-state index contributed by atoms with van der Waals surface area (Å²) >= 11 is 7.67. The van der Waals surface area contributed by atoms with E-state index in [1.165, 1.54) is 17.7 Å². The van der Waals surface area contributed by atoms with Crippen LogP contribution in [0.1, 0.15) is 11.1 Å². The first-order chi connectivity index (χ1) is 8.69. The third-order valence-corrected chi connectivity index (χ3v) is 3.86. The van der Waals surface area contributed by atoms with Crippen molar-refractivity contribution in [2.45, 2.75) is 18.9 Å². The minimum Gasteiger partial charge on any atom is -0.271 e. The number of halogens is 2. The summed E-state index contributed by atoms with van der Waals surface area (Å²) in [5.74, 6) is 5.23. The Labute approximate surface area is 115 Å². The number of nitrogens with one attached hydrogen (secondary N) is 1. The highest BCUT2D eigenvalue weighted by atomic mass is 35.5. The van der Waals surface area contributed by atoms with Crippen LogP contribution in [0.3, 0.4) is 0 Å². The summed E-state index contributed by atoms with van der Waals surface area (Å²) in [6.07, 6.45) is 1.50. The van der Waals surface area contributed by atoms with E-state index < -0.39 is 0 Å². The molecule has 1 atom stereocenters. The molecule has 18 heavy (non-hydrogen) atoms. The van der Waals surface area contributed by atoms with Crippen LogP contribution < -0.4 is 11.3 Å². The average molecular weight is 285 g/mol. The van der Waals surface area contributed by atoms with Gasteiger partial charge >= 0.3 is 0 Å². The Balaban J connectivity index is 2.05. The van der Waals surface area contributed by atoms with Gasteiger partial charge in [-0.1, -0.05) is 17.7 Å². The first-order valence-electron chi connectivity index (χ1n) is 5.60. The van der Waals surface area contributed by atoms with E-state index in [0.29, 0.717) is 11.4 Å². The van der Waals surface area contributed by atoms with Crippen molar-refractivity contribution in [2.24, 2.45) is 5.84 Å². The van der Waals surface area contributed by atoms with Gasteiger partial charge in [0, 0.05) is 11.1 Å². The minimum atomic E-state index is -0.321. The molecular formula is C13H14ClFN2S. The molecule has 1 aromatic carbocycles. The summed E-state index contributed by atoms with van der Waals surface area (Å²) < 4.78 is 12.9. The second-order valence-corrected chi connectivity index (χ2v) is 5.33. The lowest BCUT2D eigenvalue weighted by Crippen LogP contribution is -2.38. The molecule has 0 aliphatic heterocycles. The Morgan fingerprint density at radius 1 is 1.33 bits per heavy atom. The van der Waals surface area contributed by atoms with Gasteiger partial charge in [-0.25, -0.2) is 4.39 Å². The van der Waals surface area contributed by atoms with Crippen molar-refractivity contribution in [3.05, 3.63) is 57.0 Å². The number of rotatable bonds is 5. The molecule has 3 N–H and O–H groups in total. The Kier molecular flexibility index (Phi) is 4.72. The van der Waals surface area contributed by atoms with Gasteiger partial charge in [0.1, 0.15) is 5.82 Å². The zero-order valence-electron chi connectivity index (χ0n) is 9.70. The summed E-state index contributed by atoms with van der Waals surface area (Å²) in [4.78, 5) is 0. The molecule has 0 aliphatic carbocycles. The zero-order chi connectivity index (χ0) is 13.0. The van der Waals surface area contributed by atoms with Crippen LogP contribution in [0.15, 0.2) is 35.0 Å². The molecule has 2 aromatic rings. The predicted molar refractivity (Wildman–Crippen MR) is 74.2 cm³/mol. The summed E-state index contributed by atoms with van der Waals surface area (Å²) in [5.41, 5.74) is 4.92. The van der Waals surface area contributed by atoms with Crippen LogP contribution in [0.5, 0.6) is 0 Å². The first kappa shape index (κ1) is 13.5. The highest BCUT2D eigenvalue weighted by molar-refractivity contribution is 7.07. The van der Waals surface area contributed by atoms with Gasteiger partial charge in [-0.3, -0.25) is 11.3 Å². The summed E-state index contributed by atoms with van der Waals surface area (Å²) in [7, 11) is 0. The van der Waals surface area contributed by atoms with Crippen molar-refractivity contribution in [3.63, 3.8) is 0 Å². The molecule has 2 nitrogen and oxygen atoms in total. The molecule has 0 radical (unpaired) electrons. The number of nitrogens with two attached hydrogens (primary N) is 1. The monoisotopic (exact) mass is 284 g/mol. The van der Waals surface area contributed by atoms with Gasteiger partial charge in [0.2, 0.25) is 0 Å². The van der Waals surface area contributed by atoms with E-state index >= 15 is 0 Å². The van der Waals surface area contributed by atoms with Crippen molar-refractivity contribution in [2.75, 3.05) is 0 Å². The standard InChI is InChI=1S/C13H14ClFN2S/c14-13-7-11(15)2-1-10(13)6-12(17-16)5-9-3-4-18-8-9/h1-4,7-8,12,17H,5-6,16H2. The molecule has 0 amide bonds. The molecule has 96 valence electrons. The normalized spacial score (nSPS) is 12.6. The molecule has 0 bridgehead atoms. The largest absolute Gasteiger partial charge is 0.271 e. The Hall–Kier alpha value is -0.940. The summed E-state index contributed by atoms with van der Waals surface area (Å²) in [6, 6.07) is 6.60. The second-order valence-electron chi connectivity index (χ2n) is 4.14. The van der Waals surface area contributed by atoms with Gasteiger partial charge in [-0.2, -0.15) is 11.3 Å². The van der Waals surface area contributed by atoms with Crippen molar-refractivity contribution < 1.29 is 4.39 Å². The lowest BCUT2D eigenvalue weighted by Gasteiger charge is -2.16. The lowest BCUT2D eigenvalue weighted by molar-refractivity contribution is 0.522. The second kappa shape index (κ2) is 6.29. The van der Waals surface area contributed by atoms with Crippen molar-refractivity contribution >= 4 is 22.9 Å². The molecule has 1 unspecified atom stereocenters. The zero-order valence-corrected chi connectivity index (χ0v) is 11.3. The third kappa shape index (κ3) is 3.53. The van der Waals surface area contributed by atoms with Crippen molar-refractivity contribution in [1.29, 1.82) is 0 Å². The Bertz CT molecular complexity index is 502. The van der Waals surface area contributed by atoms with Gasteiger partial charge in [-0.05, 0) is 52.9 Å². The topological polar surface area (TPSA) is 38.0 Å². The predicted octanol–water partition coefficient (Wildman–Crippen LogP) is 3.16. The maximum absolute atomic E-state index is 12.9. The van der Waals surface area contributed by atoms with Crippen molar-refractivity contribution in [1.82, 2.24) is 5.43 Å². The number of hydrogen-bond acceptors (Lipinski definition) is 3. The quantitative estimate of drug-likeness (QED) is 0.654. The molecule has 0 spiro atoms. The molecule has 1 heterocycles. The maximum Gasteiger partial charge on any atom is 0.124 e. The van der Waals surface area contributed by atoms with E-state index in [9.17, 15) is 4.39 Å². The van der Waals surface area contributed by atoms with Crippen LogP contribution >= 0.6 is 22.9 Å². The van der Waals surface area contributed by atoms with E-state index in [1.807, 2.05) is 5.38 Å². The molecule has 5 heteroatoms. The SMILES string of the molecule is NNC(Cc1ccsc1)Cc1ccc(F)cc1Cl. The molecule has 1 aromatic heterocycles. The first-order valence-corrected chi connectivity index (χ1v) is 6.92. The lowest BCUT2D eigenvalue weighted by atomic mass is 10.0.